The number of hydrogen-bond donors (Lipinski definition) is 2. The smallest absolute Gasteiger partial charge is 0.349 e. The predicted octanol–water partition coefficient (Wildman–Crippen LogP) is 3.86. The first-order valence-electron chi connectivity index (χ1n) is 8.83. The number of ether oxygens (including phenoxy) is 1. The Kier molecular flexibility index (Phi) is 5.74. The number of rotatable bonds is 6. The maximum Gasteiger partial charge on any atom is 0.349 e. The van der Waals surface area contributed by atoms with E-state index in [1.54, 1.807) is 49.5 Å². The molecule has 0 aliphatic rings. The summed E-state index contributed by atoms with van der Waals surface area (Å²) >= 11 is 0. The Labute approximate surface area is 161 Å². The van der Waals surface area contributed by atoms with Crippen LogP contribution in [-0.2, 0) is 4.74 Å². The van der Waals surface area contributed by atoms with Crippen LogP contribution in [0.25, 0.3) is 11.0 Å². The van der Waals surface area contributed by atoms with E-state index in [1.807, 2.05) is 6.92 Å². The molecule has 0 radical (unpaired) electrons. The molecule has 7 nitrogen and oxygen atoms in total. The summed E-state index contributed by atoms with van der Waals surface area (Å²) in [5.74, 6) is -0.600. The number of fused-ring (bicyclic) bond motifs is 1. The highest BCUT2D eigenvalue weighted by molar-refractivity contribution is 5.98. The van der Waals surface area contributed by atoms with Crippen molar-refractivity contribution in [2.45, 2.75) is 13.3 Å². The number of nitrogens with one attached hydrogen (secondary N) is 1. The van der Waals surface area contributed by atoms with Crippen LogP contribution in [0, 0.1) is 0 Å². The molecular formula is C21H20N2O5. The lowest BCUT2D eigenvalue weighted by Crippen LogP contribution is -2.08. The Balaban J connectivity index is 1.89. The Hall–Kier alpha value is -3.61. The van der Waals surface area contributed by atoms with Gasteiger partial charge in [0.15, 0.2) is 5.58 Å². The van der Waals surface area contributed by atoms with Crippen molar-refractivity contribution in [3.05, 3.63) is 64.0 Å². The van der Waals surface area contributed by atoms with Crippen LogP contribution in [0.4, 0.5) is 11.4 Å². The summed E-state index contributed by atoms with van der Waals surface area (Å²) < 4.78 is 10.4. The topological polar surface area (TPSA) is 101 Å². The van der Waals surface area contributed by atoms with Crippen LogP contribution < -0.4 is 10.9 Å². The predicted molar refractivity (Wildman–Crippen MR) is 108 cm³/mol. The van der Waals surface area contributed by atoms with Gasteiger partial charge in [-0.1, -0.05) is 13.0 Å². The Morgan fingerprint density at radius 2 is 2.00 bits per heavy atom. The van der Waals surface area contributed by atoms with Crippen molar-refractivity contribution in [3.8, 4) is 5.75 Å². The number of carbonyl (C=O) groups excluding carboxylic acids is 1. The summed E-state index contributed by atoms with van der Waals surface area (Å²) in [7, 11) is 1.70. The lowest BCUT2D eigenvalue weighted by Gasteiger charge is -2.07. The Morgan fingerprint density at radius 3 is 2.68 bits per heavy atom. The molecule has 0 saturated heterocycles. The van der Waals surface area contributed by atoms with Crippen LogP contribution in [0.2, 0.25) is 0 Å². The summed E-state index contributed by atoms with van der Waals surface area (Å²) in [6.07, 6.45) is 2.00. The number of aliphatic imine (C=N–C) groups is 1. The van der Waals surface area contributed by atoms with E-state index in [4.69, 9.17) is 9.15 Å². The third kappa shape index (κ3) is 3.88. The first kappa shape index (κ1) is 19.2. The van der Waals surface area contributed by atoms with Gasteiger partial charge in [0.05, 0.1) is 28.9 Å². The molecule has 0 aliphatic heterocycles. The SMILES string of the molecule is CCCOC(=O)c1ccc(N=Cc2c(O)c3cccc(NC)c3oc2=O)cc1. The fourth-order valence-corrected chi connectivity index (χ4v) is 2.63. The second-order valence-corrected chi connectivity index (χ2v) is 6.03. The molecule has 144 valence electrons. The molecule has 0 bridgehead atoms. The van der Waals surface area contributed by atoms with E-state index in [2.05, 4.69) is 10.3 Å². The average Bonchev–Trinajstić information content (AvgIpc) is 2.72. The summed E-state index contributed by atoms with van der Waals surface area (Å²) in [5.41, 5.74) is 1.05. The van der Waals surface area contributed by atoms with Gasteiger partial charge >= 0.3 is 11.6 Å². The van der Waals surface area contributed by atoms with Crippen molar-refractivity contribution in [1.29, 1.82) is 0 Å². The van der Waals surface area contributed by atoms with E-state index in [0.29, 0.717) is 28.9 Å². The third-order valence-electron chi connectivity index (χ3n) is 4.09. The summed E-state index contributed by atoms with van der Waals surface area (Å²) in [6, 6.07) is 11.6. The van der Waals surface area contributed by atoms with E-state index < -0.39 is 11.6 Å². The number of benzene rings is 2. The van der Waals surface area contributed by atoms with E-state index in [0.717, 1.165) is 6.42 Å². The molecule has 0 amide bonds. The zero-order valence-electron chi connectivity index (χ0n) is 15.6. The summed E-state index contributed by atoms with van der Waals surface area (Å²) in [5, 5.41) is 13.8. The van der Waals surface area contributed by atoms with Crippen molar-refractivity contribution >= 4 is 34.5 Å². The molecule has 2 N–H and O–H groups in total. The van der Waals surface area contributed by atoms with Crippen molar-refractivity contribution in [3.63, 3.8) is 0 Å². The van der Waals surface area contributed by atoms with Gasteiger partial charge in [-0.2, -0.15) is 0 Å². The number of anilines is 1. The molecule has 1 aromatic heterocycles. The standard InChI is InChI=1S/C21H20N2O5/c1-3-11-27-20(25)13-7-9-14(10-8-13)23-12-16-18(24)15-5-4-6-17(22-2)19(15)28-21(16)26/h4-10,12,22,24H,3,11H2,1-2H3. The minimum absolute atomic E-state index is 0.0489. The fourth-order valence-electron chi connectivity index (χ4n) is 2.63. The maximum atomic E-state index is 12.3. The number of aromatic hydroxyl groups is 1. The second-order valence-electron chi connectivity index (χ2n) is 6.03. The van der Waals surface area contributed by atoms with Crippen LogP contribution in [0.15, 0.2) is 56.7 Å². The molecule has 3 rings (SSSR count). The largest absolute Gasteiger partial charge is 0.506 e. The van der Waals surface area contributed by atoms with Gasteiger partial charge in [0.1, 0.15) is 11.3 Å². The van der Waals surface area contributed by atoms with Crippen LogP contribution >= 0.6 is 0 Å². The molecule has 2 aromatic carbocycles. The zero-order chi connectivity index (χ0) is 20.1. The van der Waals surface area contributed by atoms with Gasteiger partial charge in [-0.15, -0.1) is 0 Å². The quantitative estimate of drug-likeness (QED) is 0.383. The normalized spacial score (nSPS) is 11.1. The minimum atomic E-state index is -0.698. The molecular weight excluding hydrogens is 360 g/mol. The molecule has 0 spiro atoms. The van der Waals surface area contributed by atoms with Crippen LogP contribution in [-0.4, -0.2) is 30.9 Å². The highest BCUT2D eigenvalue weighted by Gasteiger charge is 2.14. The molecule has 1 heterocycles. The molecule has 28 heavy (non-hydrogen) atoms. The van der Waals surface area contributed by atoms with Crippen molar-refractivity contribution in [2.75, 3.05) is 19.0 Å². The van der Waals surface area contributed by atoms with Gasteiger partial charge in [-0.25, -0.2) is 9.59 Å². The molecule has 0 aliphatic carbocycles. The van der Waals surface area contributed by atoms with Crippen LogP contribution in [0.5, 0.6) is 5.75 Å². The van der Waals surface area contributed by atoms with E-state index in [1.165, 1.54) is 6.21 Å². The number of carbonyl (C=O) groups is 1. The van der Waals surface area contributed by atoms with Gasteiger partial charge < -0.3 is 19.6 Å². The lowest BCUT2D eigenvalue weighted by atomic mass is 10.1. The molecule has 0 unspecified atom stereocenters. The fraction of sp³-hybridized carbons (Fsp3) is 0.190. The molecule has 0 saturated carbocycles. The van der Waals surface area contributed by atoms with Crippen molar-refractivity contribution < 1.29 is 19.1 Å². The minimum Gasteiger partial charge on any atom is -0.506 e. The molecule has 0 fully saturated rings. The first-order valence-corrected chi connectivity index (χ1v) is 8.83. The van der Waals surface area contributed by atoms with E-state index in [9.17, 15) is 14.7 Å². The highest BCUT2D eigenvalue weighted by atomic mass is 16.5. The molecule has 3 aromatic rings. The first-order chi connectivity index (χ1) is 13.5. The van der Waals surface area contributed by atoms with Gasteiger partial charge in [0.25, 0.3) is 0 Å². The molecule has 0 atom stereocenters. The maximum absolute atomic E-state index is 12.3. The Morgan fingerprint density at radius 1 is 1.25 bits per heavy atom. The van der Waals surface area contributed by atoms with Crippen LogP contribution in [0.1, 0.15) is 29.3 Å². The monoisotopic (exact) mass is 380 g/mol. The van der Waals surface area contributed by atoms with Gasteiger partial charge in [-0.05, 0) is 42.8 Å². The average molecular weight is 380 g/mol. The number of esters is 1. The highest BCUT2D eigenvalue weighted by Crippen LogP contribution is 2.30. The number of para-hydroxylation sites is 1. The van der Waals surface area contributed by atoms with E-state index >= 15 is 0 Å². The second kappa shape index (κ2) is 8.39. The van der Waals surface area contributed by atoms with Crippen LogP contribution in [0.3, 0.4) is 0 Å². The van der Waals surface area contributed by atoms with Crippen molar-refractivity contribution in [1.82, 2.24) is 0 Å². The van der Waals surface area contributed by atoms with Gasteiger partial charge in [0.2, 0.25) is 0 Å². The summed E-state index contributed by atoms with van der Waals surface area (Å²) in [6.45, 7) is 2.29. The van der Waals surface area contributed by atoms with Gasteiger partial charge in [-0.3, -0.25) is 4.99 Å². The van der Waals surface area contributed by atoms with E-state index in [-0.39, 0.29) is 16.9 Å². The number of hydrogen-bond acceptors (Lipinski definition) is 7. The van der Waals surface area contributed by atoms with Gasteiger partial charge in [0, 0.05) is 13.3 Å². The lowest BCUT2D eigenvalue weighted by molar-refractivity contribution is 0.0505. The Bertz CT molecular complexity index is 1080. The number of nitrogens with zero attached hydrogens (tertiary/aromatic N) is 1. The third-order valence-corrected chi connectivity index (χ3v) is 4.09. The van der Waals surface area contributed by atoms with Crippen molar-refractivity contribution in [2.24, 2.45) is 4.99 Å². The summed E-state index contributed by atoms with van der Waals surface area (Å²) in [4.78, 5) is 28.3. The molecule has 7 heteroatoms. The zero-order valence-corrected chi connectivity index (χ0v) is 15.6.